The number of benzene rings is 1. The molecule has 0 spiro atoms. The zero-order valence-electron chi connectivity index (χ0n) is 11.2. The average molecular weight is 250 g/mol. The summed E-state index contributed by atoms with van der Waals surface area (Å²) in [6, 6.07) is 6.98. The molecule has 1 unspecified atom stereocenters. The van der Waals surface area contributed by atoms with Gasteiger partial charge in [0.25, 0.3) is 0 Å². The molecular weight excluding hydrogens is 228 g/mol. The molecule has 0 aliphatic rings. The number of nitrogens with two attached hydrogens (primary N) is 1. The van der Waals surface area contributed by atoms with E-state index in [2.05, 4.69) is 5.32 Å². The summed E-state index contributed by atoms with van der Waals surface area (Å²) in [5, 5.41) is 12.6. The maximum Gasteiger partial charge on any atom is 0.220 e. The lowest BCUT2D eigenvalue weighted by Crippen LogP contribution is -2.31. The second-order valence-electron chi connectivity index (χ2n) is 5.72. The number of hydrogen-bond acceptors (Lipinski definition) is 3. The van der Waals surface area contributed by atoms with Gasteiger partial charge in [0.05, 0.1) is 6.10 Å². The summed E-state index contributed by atoms with van der Waals surface area (Å²) in [7, 11) is 0. The first-order valence-corrected chi connectivity index (χ1v) is 6.08. The number of anilines is 1. The lowest BCUT2D eigenvalue weighted by atomic mass is 9.92. The SMILES string of the molecule is CC(C)(C)CC(=O)NCC(O)c1ccc(N)cc1. The molecule has 1 atom stereocenters. The Bertz CT molecular complexity index is 393. The van der Waals surface area contributed by atoms with Crippen molar-refractivity contribution >= 4 is 11.6 Å². The first-order valence-electron chi connectivity index (χ1n) is 6.08. The maximum absolute atomic E-state index is 11.6. The largest absolute Gasteiger partial charge is 0.399 e. The monoisotopic (exact) mass is 250 g/mol. The lowest BCUT2D eigenvalue weighted by molar-refractivity contribution is -0.123. The molecule has 0 aromatic heterocycles. The molecule has 4 nitrogen and oxygen atoms in total. The van der Waals surface area contributed by atoms with E-state index in [1.54, 1.807) is 24.3 Å². The van der Waals surface area contributed by atoms with E-state index in [4.69, 9.17) is 5.73 Å². The Balaban J connectivity index is 2.44. The Morgan fingerprint density at radius 1 is 1.33 bits per heavy atom. The van der Waals surface area contributed by atoms with Gasteiger partial charge in [0.2, 0.25) is 5.91 Å². The van der Waals surface area contributed by atoms with Gasteiger partial charge in [-0.05, 0) is 23.1 Å². The summed E-state index contributed by atoms with van der Waals surface area (Å²) < 4.78 is 0. The Morgan fingerprint density at radius 2 is 1.89 bits per heavy atom. The van der Waals surface area contributed by atoms with Crippen LogP contribution >= 0.6 is 0 Å². The minimum Gasteiger partial charge on any atom is -0.399 e. The standard InChI is InChI=1S/C14H22N2O2/c1-14(2,3)8-13(18)16-9-12(17)10-4-6-11(15)7-5-10/h4-7,12,17H,8-9,15H2,1-3H3,(H,16,18). The van der Waals surface area contributed by atoms with Crippen LogP contribution < -0.4 is 11.1 Å². The molecule has 18 heavy (non-hydrogen) atoms. The lowest BCUT2D eigenvalue weighted by Gasteiger charge is -2.18. The Labute approximate surface area is 108 Å². The van der Waals surface area contributed by atoms with E-state index in [0.717, 1.165) is 5.56 Å². The van der Waals surface area contributed by atoms with Gasteiger partial charge in [-0.3, -0.25) is 4.79 Å². The molecule has 0 radical (unpaired) electrons. The van der Waals surface area contributed by atoms with Crippen molar-refractivity contribution in [3.8, 4) is 0 Å². The molecule has 1 aromatic rings. The fraction of sp³-hybridized carbons (Fsp3) is 0.500. The highest BCUT2D eigenvalue weighted by atomic mass is 16.3. The van der Waals surface area contributed by atoms with Crippen molar-refractivity contribution in [1.29, 1.82) is 0 Å². The number of aliphatic hydroxyl groups is 1. The van der Waals surface area contributed by atoms with Crippen LogP contribution in [0.1, 0.15) is 38.9 Å². The molecule has 0 saturated carbocycles. The van der Waals surface area contributed by atoms with Crippen molar-refractivity contribution in [2.45, 2.75) is 33.3 Å². The molecule has 0 aliphatic heterocycles. The predicted molar refractivity (Wildman–Crippen MR) is 72.9 cm³/mol. The van der Waals surface area contributed by atoms with E-state index in [-0.39, 0.29) is 17.9 Å². The van der Waals surface area contributed by atoms with Crippen molar-refractivity contribution < 1.29 is 9.90 Å². The van der Waals surface area contributed by atoms with E-state index in [1.807, 2.05) is 20.8 Å². The van der Waals surface area contributed by atoms with Crippen molar-refractivity contribution in [1.82, 2.24) is 5.32 Å². The van der Waals surface area contributed by atoms with Gasteiger partial charge < -0.3 is 16.2 Å². The molecule has 100 valence electrons. The predicted octanol–water partition coefficient (Wildman–Crippen LogP) is 1.85. The van der Waals surface area contributed by atoms with Crippen LogP contribution in [0.2, 0.25) is 0 Å². The number of aliphatic hydroxyl groups excluding tert-OH is 1. The maximum atomic E-state index is 11.6. The van der Waals surface area contributed by atoms with Gasteiger partial charge in [-0.1, -0.05) is 32.9 Å². The zero-order chi connectivity index (χ0) is 13.8. The number of amides is 1. The zero-order valence-corrected chi connectivity index (χ0v) is 11.2. The molecule has 0 aliphatic carbocycles. The third-order valence-corrected chi connectivity index (χ3v) is 2.50. The van der Waals surface area contributed by atoms with Crippen LogP contribution in [-0.2, 0) is 4.79 Å². The Hall–Kier alpha value is -1.55. The molecule has 1 amide bonds. The fourth-order valence-corrected chi connectivity index (χ4v) is 1.59. The van der Waals surface area contributed by atoms with E-state index in [1.165, 1.54) is 0 Å². The summed E-state index contributed by atoms with van der Waals surface area (Å²) in [4.78, 5) is 11.6. The van der Waals surface area contributed by atoms with Crippen LogP contribution in [0, 0.1) is 5.41 Å². The smallest absolute Gasteiger partial charge is 0.220 e. The molecule has 4 heteroatoms. The number of carbonyl (C=O) groups is 1. The third-order valence-electron chi connectivity index (χ3n) is 2.50. The summed E-state index contributed by atoms with van der Waals surface area (Å²) in [6.45, 7) is 6.23. The highest BCUT2D eigenvalue weighted by Gasteiger charge is 2.16. The molecule has 0 heterocycles. The Kier molecular flexibility index (Phi) is 4.73. The molecule has 0 saturated heterocycles. The van der Waals surface area contributed by atoms with Crippen molar-refractivity contribution in [2.75, 3.05) is 12.3 Å². The van der Waals surface area contributed by atoms with Crippen LogP contribution in [-0.4, -0.2) is 17.6 Å². The highest BCUT2D eigenvalue weighted by Crippen LogP contribution is 2.18. The van der Waals surface area contributed by atoms with Gasteiger partial charge in [-0.25, -0.2) is 0 Å². The van der Waals surface area contributed by atoms with Gasteiger partial charge >= 0.3 is 0 Å². The van der Waals surface area contributed by atoms with Gasteiger partial charge in [0.15, 0.2) is 0 Å². The normalized spacial score (nSPS) is 13.1. The molecule has 1 aromatic carbocycles. The van der Waals surface area contributed by atoms with E-state index in [9.17, 15) is 9.90 Å². The van der Waals surface area contributed by atoms with Crippen molar-refractivity contribution in [3.05, 3.63) is 29.8 Å². The van der Waals surface area contributed by atoms with Gasteiger partial charge in [-0.2, -0.15) is 0 Å². The number of nitrogens with one attached hydrogen (secondary N) is 1. The second-order valence-corrected chi connectivity index (χ2v) is 5.72. The molecular formula is C14H22N2O2. The summed E-state index contributed by atoms with van der Waals surface area (Å²) in [5.41, 5.74) is 6.93. The molecule has 1 rings (SSSR count). The minimum atomic E-state index is -0.700. The summed E-state index contributed by atoms with van der Waals surface area (Å²) in [6.07, 6.45) is -0.254. The van der Waals surface area contributed by atoms with Crippen LogP contribution in [0.15, 0.2) is 24.3 Å². The van der Waals surface area contributed by atoms with Crippen molar-refractivity contribution in [2.24, 2.45) is 5.41 Å². The van der Waals surface area contributed by atoms with Crippen molar-refractivity contribution in [3.63, 3.8) is 0 Å². The number of carbonyl (C=O) groups excluding carboxylic acids is 1. The number of hydrogen-bond donors (Lipinski definition) is 3. The number of rotatable bonds is 4. The van der Waals surface area contributed by atoms with Crippen LogP contribution in [0.3, 0.4) is 0 Å². The molecule has 0 bridgehead atoms. The van der Waals surface area contributed by atoms with E-state index in [0.29, 0.717) is 12.1 Å². The van der Waals surface area contributed by atoms with Gasteiger partial charge in [0, 0.05) is 18.7 Å². The average Bonchev–Trinajstić information content (AvgIpc) is 2.24. The van der Waals surface area contributed by atoms with Crippen LogP contribution in [0.25, 0.3) is 0 Å². The second kappa shape index (κ2) is 5.87. The quantitative estimate of drug-likeness (QED) is 0.714. The molecule has 4 N–H and O–H groups in total. The topological polar surface area (TPSA) is 75.3 Å². The summed E-state index contributed by atoms with van der Waals surface area (Å²) in [5.74, 6) is -0.0444. The van der Waals surface area contributed by atoms with Crippen LogP contribution in [0.4, 0.5) is 5.69 Å². The summed E-state index contributed by atoms with van der Waals surface area (Å²) >= 11 is 0. The first-order chi connectivity index (χ1) is 8.28. The van der Waals surface area contributed by atoms with Gasteiger partial charge in [-0.15, -0.1) is 0 Å². The minimum absolute atomic E-state index is 0.0444. The Morgan fingerprint density at radius 3 is 2.39 bits per heavy atom. The molecule has 0 fully saturated rings. The van der Waals surface area contributed by atoms with Crippen LogP contribution in [0.5, 0.6) is 0 Å². The first kappa shape index (κ1) is 14.5. The third kappa shape index (κ3) is 5.19. The van der Waals surface area contributed by atoms with Gasteiger partial charge in [0.1, 0.15) is 0 Å². The van der Waals surface area contributed by atoms with E-state index < -0.39 is 6.10 Å². The highest BCUT2D eigenvalue weighted by molar-refractivity contribution is 5.76. The van der Waals surface area contributed by atoms with E-state index >= 15 is 0 Å². The fourth-order valence-electron chi connectivity index (χ4n) is 1.59. The number of nitrogen functional groups attached to an aromatic ring is 1.